The van der Waals surface area contributed by atoms with Crippen molar-refractivity contribution in [2.45, 2.75) is 89.6 Å². The minimum absolute atomic E-state index is 0.0477. The molecule has 4 nitrogen and oxygen atoms in total. The number of hydrogen-bond donors (Lipinski definition) is 0. The molecule has 3 fully saturated rings. The van der Waals surface area contributed by atoms with E-state index < -0.39 is 0 Å². The quantitative estimate of drug-likeness (QED) is 0.534. The third-order valence-electron chi connectivity index (χ3n) is 5.71. The molecule has 2 saturated heterocycles. The normalized spacial score (nSPS) is 39.7. The summed E-state index contributed by atoms with van der Waals surface area (Å²) in [5.74, 6) is 0.808. The number of carbonyl (C=O) groups excluding carboxylic acids is 1. The van der Waals surface area contributed by atoms with Gasteiger partial charge in [-0.15, -0.1) is 0 Å². The summed E-state index contributed by atoms with van der Waals surface area (Å²) in [7, 11) is 0. The fourth-order valence-corrected chi connectivity index (χ4v) is 3.70. The zero-order valence-electron chi connectivity index (χ0n) is 14.4. The number of esters is 1. The maximum Gasteiger partial charge on any atom is 0.306 e. The Morgan fingerprint density at radius 1 is 1.32 bits per heavy atom. The van der Waals surface area contributed by atoms with Crippen LogP contribution in [0.3, 0.4) is 0 Å². The Morgan fingerprint density at radius 3 is 2.68 bits per heavy atom. The first-order chi connectivity index (χ1) is 10.3. The van der Waals surface area contributed by atoms with Crippen LogP contribution in [-0.4, -0.2) is 36.0 Å². The van der Waals surface area contributed by atoms with Gasteiger partial charge in [-0.25, -0.2) is 0 Å². The molecule has 0 aromatic carbocycles. The standard InChI is InChI=1S/C18H30O4/c1-12(5-6-14-17(2,3)21-14)9-16(19)20-11-13-7-8-18(4)15(10-13)22-18/h12-15H,5-11H2,1-4H3. The summed E-state index contributed by atoms with van der Waals surface area (Å²) in [6.07, 6.45) is 6.65. The molecule has 0 bridgehead atoms. The predicted octanol–water partition coefficient (Wildman–Crippen LogP) is 3.47. The second kappa shape index (κ2) is 5.79. The average Bonchev–Trinajstić information content (AvgIpc) is 3.28. The summed E-state index contributed by atoms with van der Waals surface area (Å²) >= 11 is 0. The summed E-state index contributed by atoms with van der Waals surface area (Å²) in [4.78, 5) is 12.0. The van der Waals surface area contributed by atoms with Gasteiger partial charge in [-0.3, -0.25) is 4.79 Å². The van der Waals surface area contributed by atoms with Crippen molar-refractivity contribution < 1.29 is 19.0 Å². The fraction of sp³-hybridized carbons (Fsp3) is 0.944. The van der Waals surface area contributed by atoms with Gasteiger partial charge in [0.1, 0.15) is 0 Å². The number of hydrogen-bond acceptors (Lipinski definition) is 4. The summed E-state index contributed by atoms with van der Waals surface area (Å²) < 4.78 is 16.8. The van der Waals surface area contributed by atoms with Crippen LogP contribution in [0.25, 0.3) is 0 Å². The molecule has 0 aromatic heterocycles. The summed E-state index contributed by atoms with van der Waals surface area (Å²) in [5, 5.41) is 0. The zero-order chi connectivity index (χ0) is 16.0. The van der Waals surface area contributed by atoms with Crippen LogP contribution in [0.4, 0.5) is 0 Å². The van der Waals surface area contributed by atoms with E-state index in [1.165, 1.54) is 0 Å². The number of ether oxygens (including phenoxy) is 3. The van der Waals surface area contributed by atoms with Gasteiger partial charge in [0.05, 0.1) is 30.0 Å². The molecule has 5 unspecified atom stereocenters. The molecule has 0 aromatic rings. The Kier molecular flexibility index (Phi) is 4.28. The molecule has 1 saturated carbocycles. The highest BCUT2D eigenvalue weighted by Crippen LogP contribution is 2.49. The van der Waals surface area contributed by atoms with Crippen molar-refractivity contribution >= 4 is 5.97 Å². The Balaban J connectivity index is 1.27. The monoisotopic (exact) mass is 310 g/mol. The lowest BCUT2D eigenvalue weighted by Gasteiger charge is -2.22. The van der Waals surface area contributed by atoms with Crippen molar-refractivity contribution in [1.29, 1.82) is 0 Å². The summed E-state index contributed by atoms with van der Waals surface area (Å²) in [6, 6.07) is 0. The highest BCUT2D eigenvalue weighted by molar-refractivity contribution is 5.69. The Labute approximate surface area is 133 Å². The van der Waals surface area contributed by atoms with E-state index in [2.05, 4.69) is 27.7 Å². The molecule has 0 amide bonds. The van der Waals surface area contributed by atoms with Gasteiger partial charge in [0.2, 0.25) is 0 Å². The van der Waals surface area contributed by atoms with Crippen molar-refractivity contribution in [3.8, 4) is 0 Å². The number of epoxide rings is 2. The topological polar surface area (TPSA) is 51.4 Å². The lowest BCUT2D eigenvalue weighted by Crippen LogP contribution is -2.25. The number of rotatable bonds is 7. The van der Waals surface area contributed by atoms with E-state index in [1.807, 2.05) is 0 Å². The van der Waals surface area contributed by atoms with Gasteiger partial charge in [-0.05, 0) is 64.7 Å². The lowest BCUT2D eigenvalue weighted by atomic mass is 9.83. The first-order valence-corrected chi connectivity index (χ1v) is 8.80. The van der Waals surface area contributed by atoms with Crippen molar-refractivity contribution in [2.75, 3.05) is 6.61 Å². The zero-order valence-corrected chi connectivity index (χ0v) is 14.4. The molecule has 5 atom stereocenters. The lowest BCUT2D eigenvalue weighted by molar-refractivity contribution is -0.146. The molecular formula is C18H30O4. The van der Waals surface area contributed by atoms with Crippen LogP contribution < -0.4 is 0 Å². The van der Waals surface area contributed by atoms with Crippen LogP contribution in [-0.2, 0) is 19.0 Å². The highest BCUT2D eigenvalue weighted by atomic mass is 16.6. The largest absolute Gasteiger partial charge is 0.465 e. The predicted molar refractivity (Wildman–Crippen MR) is 83.5 cm³/mol. The molecule has 22 heavy (non-hydrogen) atoms. The average molecular weight is 310 g/mol. The molecule has 2 aliphatic heterocycles. The number of fused-ring (bicyclic) bond motifs is 1. The van der Waals surface area contributed by atoms with E-state index in [4.69, 9.17) is 14.2 Å². The summed E-state index contributed by atoms with van der Waals surface area (Å²) in [6.45, 7) is 9.12. The molecule has 126 valence electrons. The Morgan fingerprint density at radius 2 is 2.05 bits per heavy atom. The smallest absolute Gasteiger partial charge is 0.306 e. The molecule has 1 aliphatic carbocycles. The molecule has 0 radical (unpaired) electrons. The Bertz CT molecular complexity index is 433. The van der Waals surface area contributed by atoms with E-state index in [1.54, 1.807) is 0 Å². The third kappa shape index (κ3) is 3.83. The SMILES string of the molecule is CC(CCC1OC1(C)C)CC(=O)OCC1CCC2(C)OC2C1. The molecule has 0 spiro atoms. The molecular weight excluding hydrogens is 280 g/mol. The van der Waals surface area contributed by atoms with Crippen LogP contribution in [0, 0.1) is 11.8 Å². The van der Waals surface area contributed by atoms with E-state index in [9.17, 15) is 4.79 Å². The van der Waals surface area contributed by atoms with Gasteiger partial charge in [0.25, 0.3) is 0 Å². The van der Waals surface area contributed by atoms with Crippen molar-refractivity contribution in [3.05, 3.63) is 0 Å². The van der Waals surface area contributed by atoms with Gasteiger partial charge < -0.3 is 14.2 Å². The van der Waals surface area contributed by atoms with Crippen molar-refractivity contribution in [3.63, 3.8) is 0 Å². The van der Waals surface area contributed by atoms with E-state index in [0.717, 1.165) is 32.1 Å². The fourth-order valence-electron chi connectivity index (χ4n) is 3.70. The van der Waals surface area contributed by atoms with E-state index >= 15 is 0 Å². The molecule has 0 N–H and O–H groups in total. The maximum absolute atomic E-state index is 12.0. The first-order valence-electron chi connectivity index (χ1n) is 8.80. The summed E-state index contributed by atoms with van der Waals surface area (Å²) in [5.41, 5.74) is 0.203. The van der Waals surface area contributed by atoms with Gasteiger partial charge >= 0.3 is 5.97 Å². The van der Waals surface area contributed by atoms with Gasteiger partial charge in [0.15, 0.2) is 0 Å². The second-order valence-corrected chi connectivity index (χ2v) is 8.34. The van der Waals surface area contributed by atoms with Crippen LogP contribution in [0.2, 0.25) is 0 Å². The molecule has 2 heterocycles. The molecule has 3 aliphatic rings. The minimum atomic E-state index is -0.0477. The maximum atomic E-state index is 12.0. The molecule has 3 rings (SSSR count). The highest BCUT2D eigenvalue weighted by Gasteiger charge is 2.55. The Hall–Kier alpha value is -0.610. The molecule has 4 heteroatoms. The van der Waals surface area contributed by atoms with Gasteiger partial charge in [-0.1, -0.05) is 6.92 Å². The minimum Gasteiger partial charge on any atom is -0.465 e. The van der Waals surface area contributed by atoms with Crippen molar-refractivity contribution in [2.24, 2.45) is 11.8 Å². The van der Waals surface area contributed by atoms with Crippen LogP contribution >= 0.6 is 0 Å². The second-order valence-electron chi connectivity index (χ2n) is 8.34. The van der Waals surface area contributed by atoms with Crippen molar-refractivity contribution in [1.82, 2.24) is 0 Å². The van der Waals surface area contributed by atoms with E-state index in [-0.39, 0.29) is 17.2 Å². The van der Waals surface area contributed by atoms with Gasteiger partial charge in [0, 0.05) is 6.42 Å². The number of carbonyl (C=O) groups is 1. The van der Waals surface area contributed by atoms with Gasteiger partial charge in [-0.2, -0.15) is 0 Å². The van der Waals surface area contributed by atoms with Crippen LogP contribution in [0.15, 0.2) is 0 Å². The first kappa shape index (κ1) is 16.3. The van der Waals surface area contributed by atoms with Crippen LogP contribution in [0.1, 0.15) is 66.2 Å². The van der Waals surface area contributed by atoms with E-state index in [0.29, 0.717) is 37.1 Å². The van der Waals surface area contributed by atoms with Crippen LogP contribution in [0.5, 0.6) is 0 Å². The third-order valence-corrected chi connectivity index (χ3v) is 5.71.